The number of likely N-dealkylation sites (tertiary alicyclic amines) is 1. The van der Waals surface area contributed by atoms with E-state index in [1.165, 1.54) is 0 Å². The Kier molecular flexibility index (Phi) is 5.14. The van der Waals surface area contributed by atoms with E-state index < -0.39 is 10.5 Å². The maximum Gasteiger partial charge on any atom is 0.250 e. The fourth-order valence-corrected chi connectivity index (χ4v) is 3.84. The summed E-state index contributed by atoms with van der Waals surface area (Å²) in [5.41, 5.74) is 1.42. The van der Waals surface area contributed by atoms with Crippen molar-refractivity contribution in [3.05, 3.63) is 94.3 Å². The maximum atomic E-state index is 10.8. The minimum atomic E-state index is -0.681. The predicted molar refractivity (Wildman–Crippen MR) is 96.5 cm³/mol. The smallest absolute Gasteiger partial charge is 0.250 e. The molecule has 1 fully saturated rings. The van der Waals surface area contributed by atoms with Gasteiger partial charge in [0.05, 0.1) is 17.2 Å². The molecule has 0 N–H and O–H groups in total. The van der Waals surface area contributed by atoms with Crippen LogP contribution in [0.25, 0.3) is 0 Å². The molecule has 0 aromatic heterocycles. The lowest BCUT2D eigenvalue weighted by Gasteiger charge is -2.42. The summed E-state index contributed by atoms with van der Waals surface area (Å²) >= 11 is 0. The summed E-state index contributed by atoms with van der Waals surface area (Å²) in [6.07, 6.45) is 4.46. The summed E-state index contributed by atoms with van der Waals surface area (Å²) in [5.74, 6) is 0. The van der Waals surface area contributed by atoms with Crippen molar-refractivity contribution in [3.8, 4) is 0 Å². The van der Waals surface area contributed by atoms with Gasteiger partial charge in [-0.1, -0.05) is 60.7 Å². The van der Waals surface area contributed by atoms with E-state index in [-0.39, 0.29) is 6.04 Å². The molecule has 0 saturated carbocycles. The maximum absolute atomic E-state index is 10.8. The molecule has 1 saturated heterocycles. The number of nitrogens with zero attached hydrogens (tertiary/aromatic N) is 2. The van der Waals surface area contributed by atoms with Crippen molar-refractivity contribution >= 4 is 0 Å². The monoisotopic (exact) mass is 338 g/mol. The molecule has 1 heterocycles. The largest absolute Gasteiger partial charge is 0.367 e. The summed E-state index contributed by atoms with van der Waals surface area (Å²) in [4.78, 5) is 12.4. The summed E-state index contributed by atoms with van der Waals surface area (Å²) in [5, 5.41) is 10.8. The van der Waals surface area contributed by atoms with Crippen LogP contribution in [0.5, 0.6) is 0 Å². The van der Waals surface area contributed by atoms with Crippen molar-refractivity contribution in [2.45, 2.75) is 24.5 Å². The minimum absolute atomic E-state index is 0.0153. The Morgan fingerprint density at radius 3 is 2.16 bits per heavy atom. The van der Waals surface area contributed by atoms with Gasteiger partial charge in [0.25, 0.3) is 0 Å². The van der Waals surface area contributed by atoms with E-state index in [4.69, 9.17) is 4.74 Å². The summed E-state index contributed by atoms with van der Waals surface area (Å²) < 4.78 is 6.19. The molecule has 25 heavy (non-hydrogen) atoms. The van der Waals surface area contributed by atoms with Crippen LogP contribution in [-0.2, 0) is 10.3 Å². The Morgan fingerprint density at radius 1 is 1.12 bits per heavy atom. The second-order valence-electron chi connectivity index (χ2n) is 6.15. The third kappa shape index (κ3) is 3.28. The van der Waals surface area contributed by atoms with Crippen LogP contribution < -0.4 is 0 Å². The first-order chi connectivity index (χ1) is 12.2. The van der Waals surface area contributed by atoms with Crippen LogP contribution in [0.2, 0.25) is 0 Å². The van der Waals surface area contributed by atoms with Crippen LogP contribution >= 0.6 is 0 Å². The molecule has 1 aliphatic heterocycles. The van der Waals surface area contributed by atoms with Gasteiger partial charge in [-0.3, -0.25) is 10.1 Å². The first-order valence-electron chi connectivity index (χ1n) is 8.42. The molecule has 2 aromatic rings. The van der Waals surface area contributed by atoms with Crippen molar-refractivity contribution < 1.29 is 9.66 Å². The zero-order valence-electron chi connectivity index (χ0n) is 14.2. The van der Waals surface area contributed by atoms with Crippen LogP contribution in [0, 0.1) is 10.1 Å². The molecule has 1 unspecified atom stereocenters. The first kappa shape index (κ1) is 17.2. The minimum Gasteiger partial charge on any atom is -0.367 e. The van der Waals surface area contributed by atoms with Gasteiger partial charge in [0, 0.05) is 13.7 Å². The molecule has 0 radical (unpaired) electrons. The fraction of sp³-hybridized carbons (Fsp3) is 0.300. The number of hydrogen-bond acceptors (Lipinski definition) is 4. The summed E-state index contributed by atoms with van der Waals surface area (Å²) in [6, 6.07) is 20.2. The normalized spacial score (nSPS) is 18.0. The molecule has 1 atom stereocenters. The number of benzene rings is 2. The molecule has 0 aliphatic carbocycles. The molecule has 5 nitrogen and oxygen atoms in total. The fourth-order valence-electron chi connectivity index (χ4n) is 3.84. The zero-order chi connectivity index (χ0) is 17.7. The third-order valence-electron chi connectivity index (χ3n) is 4.87. The molecule has 3 rings (SSSR count). The summed E-state index contributed by atoms with van der Waals surface area (Å²) in [6.45, 7) is 0.778. The molecule has 0 bridgehead atoms. The molecular formula is C20H22N2O3. The standard InChI is InChI=1S/C20H22N2O3/c1-25-20(17-9-4-2-5-10-17,18-11-6-3-7-12-18)19-13-8-14-21(19)15-16-22(23)24/h2-7,9-12,15-16,19H,8,13-14H2,1H3. The van der Waals surface area contributed by atoms with Gasteiger partial charge < -0.3 is 9.64 Å². The van der Waals surface area contributed by atoms with Crippen LogP contribution in [-0.4, -0.2) is 29.5 Å². The van der Waals surface area contributed by atoms with Crippen LogP contribution in [0.3, 0.4) is 0 Å². The Morgan fingerprint density at radius 2 is 1.68 bits per heavy atom. The highest BCUT2D eigenvalue weighted by atomic mass is 16.6. The third-order valence-corrected chi connectivity index (χ3v) is 4.87. The Labute approximate surface area is 147 Å². The van der Waals surface area contributed by atoms with Gasteiger partial charge >= 0.3 is 0 Å². The van der Waals surface area contributed by atoms with Crippen molar-refractivity contribution in [2.75, 3.05) is 13.7 Å². The number of methoxy groups -OCH3 is 1. The molecule has 0 spiro atoms. The second-order valence-corrected chi connectivity index (χ2v) is 6.15. The number of nitro groups is 1. The lowest BCUT2D eigenvalue weighted by atomic mass is 9.78. The van der Waals surface area contributed by atoms with Crippen LogP contribution in [0.4, 0.5) is 0 Å². The van der Waals surface area contributed by atoms with Gasteiger partial charge in [-0.2, -0.15) is 0 Å². The highest BCUT2D eigenvalue weighted by molar-refractivity contribution is 5.39. The highest BCUT2D eigenvalue weighted by Gasteiger charge is 2.46. The van der Waals surface area contributed by atoms with Gasteiger partial charge in [-0.25, -0.2) is 0 Å². The van der Waals surface area contributed by atoms with Gasteiger partial charge in [-0.15, -0.1) is 0 Å². The van der Waals surface area contributed by atoms with E-state index >= 15 is 0 Å². The van der Waals surface area contributed by atoms with Crippen LogP contribution in [0.15, 0.2) is 73.1 Å². The van der Waals surface area contributed by atoms with Gasteiger partial charge in [0.15, 0.2) is 0 Å². The highest BCUT2D eigenvalue weighted by Crippen LogP contribution is 2.43. The van der Waals surface area contributed by atoms with Gasteiger partial charge in [-0.05, 0) is 24.0 Å². The molecule has 2 aromatic carbocycles. The lowest BCUT2D eigenvalue weighted by molar-refractivity contribution is -0.403. The zero-order valence-corrected chi connectivity index (χ0v) is 14.2. The molecule has 1 aliphatic rings. The Balaban J connectivity index is 2.12. The van der Waals surface area contributed by atoms with Crippen molar-refractivity contribution in [2.24, 2.45) is 0 Å². The average Bonchev–Trinajstić information content (AvgIpc) is 3.12. The van der Waals surface area contributed by atoms with Gasteiger partial charge in [0.1, 0.15) is 5.60 Å². The number of hydrogen-bond donors (Lipinski definition) is 0. The first-order valence-corrected chi connectivity index (χ1v) is 8.42. The predicted octanol–water partition coefficient (Wildman–Crippen LogP) is 3.79. The molecule has 0 amide bonds. The molecular weight excluding hydrogens is 316 g/mol. The quantitative estimate of drug-likeness (QED) is 0.594. The van der Waals surface area contributed by atoms with E-state index in [2.05, 4.69) is 24.3 Å². The second kappa shape index (κ2) is 7.49. The van der Waals surface area contributed by atoms with Gasteiger partial charge in [0.2, 0.25) is 6.20 Å². The molecule has 5 heteroatoms. The van der Waals surface area contributed by atoms with E-state index in [1.807, 2.05) is 41.3 Å². The SMILES string of the molecule is COC(c1ccccc1)(c1ccccc1)C1CCCN1C=C[N+](=O)[O-]. The molecule has 130 valence electrons. The summed E-state index contributed by atoms with van der Waals surface area (Å²) in [7, 11) is 1.72. The van der Waals surface area contributed by atoms with Crippen molar-refractivity contribution in [1.29, 1.82) is 0 Å². The van der Waals surface area contributed by atoms with E-state index in [9.17, 15) is 10.1 Å². The topological polar surface area (TPSA) is 55.6 Å². The Bertz CT molecular complexity index is 692. The lowest BCUT2D eigenvalue weighted by Crippen LogP contribution is -2.48. The van der Waals surface area contributed by atoms with Crippen LogP contribution in [0.1, 0.15) is 24.0 Å². The average molecular weight is 338 g/mol. The van der Waals surface area contributed by atoms with E-state index in [0.29, 0.717) is 0 Å². The Hall–Kier alpha value is -2.66. The van der Waals surface area contributed by atoms with Crippen molar-refractivity contribution in [1.82, 2.24) is 4.90 Å². The number of ether oxygens (including phenoxy) is 1. The van der Waals surface area contributed by atoms with E-state index in [0.717, 1.165) is 36.7 Å². The number of rotatable bonds is 6. The van der Waals surface area contributed by atoms with Crippen molar-refractivity contribution in [3.63, 3.8) is 0 Å². The van der Waals surface area contributed by atoms with E-state index in [1.54, 1.807) is 13.3 Å².